The molecule has 0 fully saturated rings. The number of imide groups is 1. The van der Waals surface area contributed by atoms with E-state index in [1.54, 1.807) is 36.4 Å². The summed E-state index contributed by atoms with van der Waals surface area (Å²) < 4.78 is 10.5. The molecule has 0 spiro atoms. The van der Waals surface area contributed by atoms with E-state index < -0.39 is 11.8 Å². The minimum Gasteiger partial charge on any atom is -0.497 e. The van der Waals surface area contributed by atoms with Crippen LogP contribution in [0.2, 0.25) is 0 Å². The fourth-order valence-corrected chi connectivity index (χ4v) is 3.98. The number of hydrogen-bond donors (Lipinski definition) is 2. The second kappa shape index (κ2) is 10.1. The van der Waals surface area contributed by atoms with E-state index in [0.717, 1.165) is 16.0 Å². The highest BCUT2D eigenvalue weighted by molar-refractivity contribution is 6.53. The average molecular weight is 506 g/mol. The average Bonchev–Trinajstić information content (AvgIpc) is 3.09. The van der Waals surface area contributed by atoms with Gasteiger partial charge < -0.3 is 20.1 Å². The van der Waals surface area contributed by atoms with Crippen LogP contribution in [0.4, 0.5) is 17.1 Å². The molecule has 1 aliphatic heterocycles. The van der Waals surface area contributed by atoms with Gasteiger partial charge in [-0.2, -0.15) is 0 Å². The van der Waals surface area contributed by atoms with Crippen LogP contribution in [0.25, 0.3) is 0 Å². The van der Waals surface area contributed by atoms with Crippen molar-refractivity contribution in [3.63, 3.8) is 0 Å². The smallest absolute Gasteiger partial charge is 0.283 e. The van der Waals surface area contributed by atoms with Gasteiger partial charge in [-0.15, -0.1) is 0 Å². The van der Waals surface area contributed by atoms with E-state index in [1.807, 2.05) is 32.0 Å². The number of anilines is 3. The van der Waals surface area contributed by atoms with Crippen molar-refractivity contribution >= 4 is 46.4 Å². The molecule has 184 valence electrons. The molecular weight excluding hydrogens is 482 g/mol. The van der Waals surface area contributed by atoms with Crippen molar-refractivity contribution in [2.24, 2.45) is 0 Å². The van der Waals surface area contributed by atoms with Crippen molar-refractivity contribution in [2.75, 3.05) is 29.8 Å². The molecule has 3 aromatic rings. The van der Waals surface area contributed by atoms with Crippen molar-refractivity contribution in [1.82, 2.24) is 0 Å². The largest absolute Gasteiger partial charge is 0.497 e. The number of amides is 3. The molecule has 0 bridgehead atoms. The van der Waals surface area contributed by atoms with Crippen molar-refractivity contribution < 1.29 is 23.9 Å². The van der Waals surface area contributed by atoms with Gasteiger partial charge in [0.25, 0.3) is 17.7 Å². The number of aryl methyl sites for hydroxylation is 1. The molecule has 0 saturated carbocycles. The van der Waals surface area contributed by atoms with Gasteiger partial charge in [-0.3, -0.25) is 14.4 Å². The number of nitrogens with one attached hydrogen (secondary N) is 2. The van der Waals surface area contributed by atoms with Crippen LogP contribution < -0.4 is 25.0 Å². The zero-order chi connectivity index (χ0) is 26.0. The Kier molecular flexibility index (Phi) is 6.98. The summed E-state index contributed by atoms with van der Waals surface area (Å²) in [6.45, 7) is 3.90. The van der Waals surface area contributed by atoms with E-state index in [4.69, 9.17) is 21.1 Å². The summed E-state index contributed by atoms with van der Waals surface area (Å²) in [5, 5.41) is 5.52. The van der Waals surface area contributed by atoms with Crippen LogP contribution in [0, 0.1) is 13.8 Å². The van der Waals surface area contributed by atoms with Crippen LogP contribution in [0.3, 0.4) is 0 Å². The number of carbonyl (C=O) groups is 3. The molecule has 36 heavy (non-hydrogen) atoms. The summed E-state index contributed by atoms with van der Waals surface area (Å²) >= 11 is 6.28. The summed E-state index contributed by atoms with van der Waals surface area (Å²) in [5.41, 5.74) is 3.61. The number of carbonyl (C=O) groups excluding carboxylic acids is 3. The Hall–Kier alpha value is -4.30. The second-order valence-corrected chi connectivity index (χ2v) is 8.46. The van der Waals surface area contributed by atoms with Gasteiger partial charge in [0.15, 0.2) is 0 Å². The fraction of sp³-hybridized carbons (Fsp3) is 0.148. The van der Waals surface area contributed by atoms with Gasteiger partial charge >= 0.3 is 0 Å². The van der Waals surface area contributed by atoms with Crippen molar-refractivity contribution in [3.8, 4) is 11.5 Å². The summed E-state index contributed by atoms with van der Waals surface area (Å²) in [4.78, 5) is 40.0. The Labute approximate surface area is 213 Å². The standard InChI is InChI=1S/C27H24ClN3O5/c1-15-7-5-10-20(16(15)2)30-25(32)17-8-6-9-18(13-17)29-24-23(28)26(33)31(27(24)34)21-14-19(35-3)11-12-22(21)36-4/h5-14,29H,1-4H3,(H,30,32). The summed E-state index contributed by atoms with van der Waals surface area (Å²) in [6, 6.07) is 17.0. The van der Waals surface area contributed by atoms with E-state index in [0.29, 0.717) is 28.4 Å². The number of hydrogen-bond acceptors (Lipinski definition) is 6. The van der Waals surface area contributed by atoms with Crippen molar-refractivity contribution in [1.29, 1.82) is 0 Å². The Morgan fingerprint density at radius 2 is 1.67 bits per heavy atom. The van der Waals surface area contributed by atoms with Gasteiger partial charge in [0.2, 0.25) is 0 Å². The van der Waals surface area contributed by atoms with Crippen LogP contribution >= 0.6 is 11.6 Å². The van der Waals surface area contributed by atoms with E-state index in [2.05, 4.69) is 10.6 Å². The third-order valence-corrected chi connectivity index (χ3v) is 6.25. The molecule has 4 rings (SSSR count). The topological polar surface area (TPSA) is 97.0 Å². The number of benzene rings is 3. The van der Waals surface area contributed by atoms with Crippen LogP contribution in [0.15, 0.2) is 71.4 Å². The Morgan fingerprint density at radius 3 is 2.39 bits per heavy atom. The zero-order valence-corrected chi connectivity index (χ0v) is 20.9. The molecule has 0 aromatic heterocycles. The maximum atomic E-state index is 13.3. The molecule has 1 aliphatic rings. The highest BCUT2D eigenvalue weighted by atomic mass is 35.5. The van der Waals surface area contributed by atoms with Gasteiger partial charge in [0.1, 0.15) is 22.2 Å². The Bertz CT molecular complexity index is 1420. The number of nitrogens with zero attached hydrogens (tertiary/aromatic N) is 1. The maximum absolute atomic E-state index is 13.3. The first-order valence-corrected chi connectivity index (χ1v) is 11.4. The monoisotopic (exact) mass is 505 g/mol. The zero-order valence-electron chi connectivity index (χ0n) is 20.1. The lowest BCUT2D eigenvalue weighted by atomic mass is 10.1. The highest BCUT2D eigenvalue weighted by Crippen LogP contribution is 2.38. The lowest BCUT2D eigenvalue weighted by Crippen LogP contribution is -2.32. The van der Waals surface area contributed by atoms with E-state index in [-0.39, 0.29) is 22.3 Å². The van der Waals surface area contributed by atoms with E-state index in [1.165, 1.54) is 20.3 Å². The molecule has 0 saturated heterocycles. The van der Waals surface area contributed by atoms with Crippen molar-refractivity contribution in [3.05, 3.63) is 88.1 Å². The highest BCUT2D eigenvalue weighted by Gasteiger charge is 2.40. The first kappa shape index (κ1) is 24.8. The molecule has 2 N–H and O–H groups in total. The number of halogens is 1. The summed E-state index contributed by atoms with van der Waals surface area (Å²) in [7, 11) is 2.90. The van der Waals surface area contributed by atoms with Gasteiger partial charge in [0.05, 0.1) is 19.9 Å². The minimum atomic E-state index is -0.709. The second-order valence-electron chi connectivity index (χ2n) is 8.08. The minimum absolute atomic E-state index is 0.112. The molecule has 0 unspecified atom stereocenters. The van der Waals surface area contributed by atoms with Gasteiger partial charge in [-0.1, -0.05) is 29.8 Å². The SMILES string of the molecule is COc1ccc(OC)c(N2C(=O)C(Cl)=C(Nc3cccc(C(=O)Nc4cccc(C)c4C)c3)C2=O)c1. The van der Waals surface area contributed by atoms with Gasteiger partial charge in [-0.25, -0.2) is 4.90 Å². The van der Waals surface area contributed by atoms with E-state index in [9.17, 15) is 14.4 Å². The molecular formula is C27H24ClN3O5. The molecule has 1 heterocycles. The first-order valence-electron chi connectivity index (χ1n) is 11.0. The van der Waals surface area contributed by atoms with Crippen molar-refractivity contribution in [2.45, 2.75) is 13.8 Å². The normalized spacial score (nSPS) is 13.2. The maximum Gasteiger partial charge on any atom is 0.283 e. The quantitative estimate of drug-likeness (QED) is 0.438. The van der Waals surface area contributed by atoms with Crippen LogP contribution in [-0.4, -0.2) is 31.9 Å². The lowest BCUT2D eigenvalue weighted by molar-refractivity contribution is -0.120. The predicted molar refractivity (Wildman–Crippen MR) is 139 cm³/mol. The van der Waals surface area contributed by atoms with Gasteiger partial charge in [-0.05, 0) is 61.4 Å². The third-order valence-electron chi connectivity index (χ3n) is 5.90. The van der Waals surface area contributed by atoms with E-state index >= 15 is 0 Å². The molecule has 8 nitrogen and oxygen atoms in total. The lowest BCUT2D eigenvalue weighted by Gasteiger charge is -2.19. The molecule has 9 heteroatoms. The number of methoxy groups -OCH3 is 2. The predicted octanol–water partition coefficient (Wildman–Crippen LogP) is 5.01. The summed E-state index contributed by atoms with van der Waals surface area (Å²) in [6.07, 6.45) is 0. The number of ether oxygens (including phenoxy) is 2. The first-order chi connectivity index (χ1) is 17.2. The number of rotatable bonds is 7. The van der Waals surface area contributed by atoms with Crippen LogP contribution in [0.1, 0.15) is 21.5 Å². The molecule has 0 aliphatic carbocycles. The molecule has 0 radical (unpaired) electrons. The molecule has 0 atom stereocenters. The third kappa shape index (κ3) is 4.63. The Morgan fingerprint density at radius 1 is 0.917 bits per heavy atom. The fourth-order valence-electron chi connectivity index (χ4n) is 3.77. The van der Waals surface area contributed by atoms with Gasteiger partial charge in [0, 0.05) is 23.0 Å². The molecule has 3 aromatic carbocycles. The van der Waals surface area contributed by atoms with Crippen LogP contribution in [0.5, 0.6) is 11.5 Å². The molecule has 3 amide bonds. The summed E-state index contributed by atoms with van der Waals surface area (Å²) in [5.74, 6) is -0.954. The van der Waals surface area contributed by atoms with Crippen LogP contribution in [-0.2, 0) is 9.59 Å². The Balaban J connectivity index is 1.58.